The molecule has 2 amide bonds. The number of hydrogen-bond donors (Lipinski definition) is 3. The van der Waals surface area contributed by atoms with Crippen molar-refractivity contribution in [2.24, 2.45) is 7.05 Å². The van der Waals surface area contributed by atoms with Gasteiger partial charge in [-0.2, -0.15) is 5.10 Å². The molecule has 2 heterocycles. The van der Waals surface area contributed by atoms with Crippen LogP contribution in [0.5, 0.6) is 0 Å². The van der Waals surface area contributed by atoms with Gasteiger partial charge in [-0.15, -0.1) is 0 Å². The maximum absolute atomic E-state index is 12.2. The normalized spacial score (nSPS) is 19.1. The Kier molecular flexibility index (Phi) is 3.73. The van der Waals surface area contributed by atoms with E-state index >= 15 is 0 Å². The van der Waals surface area contributed by atoms with Crippen molar-refractivity contribution in [2.45, 2.75) is 32.2 Å². The molecule has 1 aliphatic heterocycles. The molecule has 0 aliphatic carbocycles. The number of aryl methyl sites for hydroxylation is 2. The molecule has 0 aromatic carbocycles. The van der Waals surface area contributed by atoms with Crippen LogP contribution in [-0.4, -0.2) is 34.2 Å². The predicted octanol–water partition coefficient (Wildman–Crippen LogP) is -0.427. The number of piperidine rings is 1. The number of nitrogens with zero attached hydrogens (tertiary/aromatic N) is 2. The van der Waals surface area contributed by atoms with Gasteiger partial charge in [0.05, 0.1) is 11.4 Å². The summed E-state index contributed by atoms with van der Waals surface area (Å²) in [5.41, 5.74) is 7.31. The highest BCUT2D eigenvalue weighted by atomic mass is 16.2. The molecule has 7 nitrogen and oxygen atoms in total. The average molecular weight is 265 g/mol. The summed E-state index contributed by atoms with van der Waals surface area (Å²) in [6.07, 6.45) is 2.17. The second-order valence-corrected chi connectivity index (χ2v) is 4.65. The lowest BCUT2D eigenvalue weighted by molar-refractivity contribution is -0.124. The molecule has 1 saturated heterocycles. The van der Waals surface area contributed by atoms with Crippen molar-refractivity contribution >= 4 is 17.5 Å². The Balaban J connectivity index is 2.16. The van der Waals surface area contributed by atoms with Gasteiger partial charge in [0.25, 0.3) is 5.91 Å². The maximum atomic E-state index is 12.2. The summed E-state index contributed by atoms with van der Waals surface area (Å²) in [6.45, 7) is 2.59. The highest BCUT2D eigenvalue weighted by Gasteiger charge is 2.27. The molecule has 0 bridgehead atoms. The van der Waals surface area contributed by atoms with E-state index in [2.05, 4.69) is 15.7 Å². The van der Waals surface area contributed by atoms with Crippen molar-refractivity contribution in [2.75, 3.05) is 12.3 Å². The van der Waals surface area contributed by atoms with Crippen LogP contribution in [0.4, 0.5) is 5.69 Å². The van der Waals surface area contributed by atoms with Crippen molar-refractivity contribution in [3.8, 4) is 0 Å². The fourth-order valence-corrected chi connectivity index (χ4v) is 2.26. The first-order valence-electron chi connectivity index (χ1n) is 6.44. The number of rotatable bonds is 3. The number of carbonyl (C=O) groups excluding carboxylic acids is 2. The molecule has 4 N–H and O–H groups in total. The molecule has 0 saturated carbocycles. The first-order chi connectivity index (χ1) is 9.04. The molecule has 1 atom stereocenters. The highest BCUT2D eigenvalue weighted by molar-refractivity contribution is 6.00. The Labute approximate surface area is 111 Å². The van der Waals surface area contributed by atoms with E-state index < -0.39 is 6.04 Å². The molecule has 1 unspecified atom stereocenters. The second kappa shape index (κ2) is 5.29. The summed E-state index contributed by atoms with van der Waals surface area (Å²) in [7, 11) is 1.67. The lowest BCUT2D eigenvalue weighted by atomic mass is 10.1. The highest BCUT2D eigenvalue weighted by Crippen LogP contribution is 2.17. The van der Waals surface area contributed by atoms with E-state index in [0.29, 0.717) is 36.5 Å². The number of hydrogen-bond acceptors (Lipinski definition) is 4. The van der Waals surface area contributed by atoms with Crippen molar-refractivity contribution < 1.29 is 9.59 Å². The van der Waals surface area contributed by atoms with Crippen molar-refractivity contribution in [1.82, 2.24) is 20.4 Å². The van der Waals surface area contributed by atoms with Crippen LogP contribution in [0.25, 0.3) is 0 Å². The number of aromatic nitrogens is 2. The zero-order valence-electron chi connectivity index (χ0n) is 11.2. The zero-order chi connectivity index (χ0) is 14.0. The van der Waals surface area contributed by atoms with Gasteiger partial charge in [-0.05, 0) is 19.3 Å². The topological polar surface area (TPSA) is 102 Å². The summed E-state index contributed by atoms with van der Waals surface area (Å²) < 4.78 is 1.46. The maximum Gasteiger partial charge on any atom is 0.272 e. The minimum absolute atomic E-state index is 0.143. The molecular formula is C12H19N5O2. The molecule has 1 aliphatic rings. The third-order valence-electron chi connectivity index (χ3n) is 3.30. The zero-order valence-corrected chi connectivity index (χ0v) is 11.2. The third-order valence-corrected chi connectivity index (χ3v) is 3.30. The van der Waals surface area contributed by atoms with Crippen LogP contribution in [0.3, 0.4) is 0 Å². The van der Waals surface area contributed by atoms with Gasteiger partial charge in [-0.1, -0.05) is 6.92 Å². The summed E-state index contributed by atoms with van der Waals surface area (Å²) in [6, 6.07) is -0.486. The smallest absolute Gasteiger partial charge is 0.272 e. The van der Waals surface area contributed by atoms with Gasteiger partial charge in [-0.3, -0.25) is 14.3 Å². The summed E-state index contributed by atoms with van der Waals surface area (Å²) >= 11 is 0. The Morgan fingerprint density at radius 3 is 2.95 bits per heavy atom. The van der Waals surface area contributed by atoms with Crippen LogP contribution in [0.2, 0.25) is 0 Å². The molecule has 1 fully saturated rings. The fourth-order valence-electron chi connectivity index (χ4n) is 2.26. The van der Waals surface area contributed by atoms with Crippen molar-refractivity contribution in [3.05, 3.63) is 11.4 Å². The number of nitrogen functional groups attached to an aromatic ring is 1. The monoisotopic (exact) mass is 265 g/mol. The molecule has 2 rings (SSSR count). The van der Waals surface area contributed by atoms with Crippen LogP contribution < -0.4 is 16.4 Å². The van der Waals surface area contributed by atoms with Crippen molar-refractivity contribution in [3.63, 3.8) is 0 Å². The van der Waals surface area contributed by atoms with E-state index in [0.717, 1.165) is 6.42 Å². The third kappa shape index (κ3) is 2.54. The van der Waals surface area contributed by atoms with E-state index in [1.807, 2.05) is 6.92 Å². The Morgan fingerprint density at radius 2 is 2.37 bits per heavy atom. The second-order valence-electron chi connectivity index (χ2n) is 4.65. The lowest BCUT2D eigenvalue weighted by Crippen LogP contribution is -2.50. The number of nitrogens with one attached hydrogen (secondary N) is 2. The van der Waals surface area contributed by atoms with E-state index in [-0.39, 0.29) is 11.8 Å². The Bertz CT molecular complexity index is 508. The fraction of sp³-hybridized carbons (Fsp3) is 0.583. The lowest BCUT2D eigenvalue weighted by Gasteiger charge is -2.22. The van der Waals surface area contributed by atoms with Gasteiger partial charge >= 0.3 is 0 Å². The van der Waals surface area contributed by atoms with Crippen LogP contribution in [0, 0.1) is 0 Å². The van der Waals surface area contributed by atoms with E-state index in [4.69, 9.17) is 5.73 Å². The van der Waals surface area contributed by atoms with E-state index in [9.17, 15) is 9.59 Å². The molecule has 7 heteroatoms. The summed E-state index contributed by atoms with van der Waals surface area (Å²) in [5.74, 6) is -0.495. The van der Waals surface area contributed by atoms with Crippen LogP contribution in [0.15, 0.2) is 0 Å². The Morgan fingerprint density at radius 1 is 1.63 bits per heavy atom. The molecule has 19 heavy (non-hydrogen) atoms. The van der Waals surface area contributed by atoms with E-state index in [1.165, 1.54) is 4.68 Å². The SMILES string of the molecule is CCc1nn(C)c(C(=O)NC2CCCNC2=O)c1N. The number of anilines is 1. The van der Waals surface area contributed by atoms with E-state index in [1.54, 1.807) is 7.05 Å². The first-order valence-corrected chi connectivity index (χ1v) is 6.44. The Hall–Kier alpha value is -2.05. The quantitative estimate of drug-likeness (QED) is 0.690. The van der Waals surface area contributed by atoms with Crippen LogP contribution in [-0.2, 0) is 18.3 Å². The molecule has 104 valence electrons. The van der Waals surface area contributed by atoms with Gasteiger partial charge in [0.1, 0.15) is 11.7 Å². The van der Waals surface area contributed by atoms with Crippen molar-refractivity contribution in [1.29, 1.82) is 0 Å². The largest absolute Gasteiger partial charge is 0.395 e. The van der Waals surface area contributed by atoms with Crippen LogP contribution >= 0.6 is 0 Å². The minimum atomic E-state index is -0.486. The number of carbonyl (C=O) groups is 2. The summed E-state index contributed by atoms with van der Waals surface area (Å²) in [4.78, 5) is 23.8. The minimum Gasteiger partial charge on any atom is -0.395 e. The van der Waals surface area contributed by atoms with Gasteiger partial charge in [-0.25, -0.2) is 0 Å². The number of nitrogens with two attached hydrogens (primary N) is 1. The first kappa shape index (κ1) is 13.4. The molecule has 1 aromatic rings. The molecule has 0 radical (unpaired) electrons. The average Bonchev–Trinajstić information content (AvgIpc) is 2.67. The summed E-state index contributed by atoms with van der Waals surface area (Å²) in [5, 5.41) is 9.63. The molecule has 1 aromatic heterocycles. The van der Waals surface area contributed by atoms with Gasteiger partial charge in [0.2, 0.25) is 5.91 Å². The van der Waals surface area contributed by atoms with Gasteiger partial charge < -0.3 is 16.4 Å². The van der Waals surface area contributed by atoms with Crippen LogP contribution in [0.1, 0.15) is 35.9 Å². The molecular weight excluding hydrogens is 246 g/mol. The van der Waals surface area contributed by atoms with Gasteiger partial charge in [0, 0.05) is 13.6 Å². The molecule has 0 spiro atoms. The van der Waals surface area contributed by atoms with Gasteiger partial charge in [0.15, 0.2) is 0 Å². The predicted molar refractivity (Wildman–Crippen MR) is 70.5 cm³/mol. The number of amides is 2. The standard InChI is InChI=1S/C12H19N5O2/c1-3-7-9(13)10(17(2)16-7)12(19)15-8-5-4-6-14-11(8)18/h8H,3-6,13H2,1-2H3,(H,14,18)(H,15,19).